The van der Waals surface area contributed by atoms with Crippen LogP contribution in [0, 0.1) is 0 Å². The Morgan fingerprint density at radius 1 is 0.957 bits per heavy atom. The average Bonchev–Trinajstić information content (AvgIpc) is 3.05. The third-order valence-corrected chi connectivity index (χ3v) is 3.65. The van der Waals surface area contributed by atoms with Crippen LogP contribution in [0.2, 0.25) is 0 Å². The fourth-order valence-electron chi connectivity index (χ4n) is 2.54. The summed E-state index contributed by atoms with van der Waals surface area (Å²) < 4.78 is 6.92. The van der Waals surface area contributed by atoms with Crippen molar-refractivity contribution in [2.75, 3.05) is 0 Å². The molecule has 2 aromatic heterocycles. The molecule has 0 bridgehead atoms. The zero-order chi connectivity index (χ0) is 15.8. The molecule has 0 spiro atoms. The Hall–Kier alpha value is -3.34. The first-order chi connectivity index (χ1) is 11.2. The van der Waals surface area contributed by atoms with Crippen molar-refractivity contribution in [3.05, 3.63) is 77.3 Å². The zero-order valence-electron chi connectivity index (χ0n) is 12.0. The van der Waals surface area contributed by atoms with Gasteiger partial charge >= 0.3 is 5.63 Å². The Morgan fingerprint density at radius 2 is 1.70 bits per heavy atom. The second kappa shape index (κ2) is 5.14. The van der Waals surface area contributed by atoms with Crippen LogP contribution in [0.25, 0.3) is 27.9 Å². The molecule has 1 N–H and O–H groups in total. The second-order valence-electron chi connectivity index (χ2n) is 5.09. The molecule has 5 nitrogen and oxygen atoms in total. The summed E-state index contributed by atoms with van der Waals surface area (Å²) in [4.78, 5) is 12.2. The third kappa shape index (κ3) is 2.19. The van der Waals surface area contributed by atoms with Gasteiger partial charge in [0.25, 0.3) is 0 Å². The quantitative estimate of drug-likeness (QED) is 0.577. The van der Waals surface area contributed by atoms with Gasteiger partial charge in [-0.3, -0.25) is 0 Å². The van der Waals surface area contributed by atoms with Gasteiger partial charge in [-0.1, -0.05) is 30.3 Å². The minimum atomic E-state index is -0.612. The summed E-state index contributed by atoms with van der Waals surface area (Å²) in [6, 6.07) is 18.1. The van der Waals surface area contributed by atoms with E-state index in [0.29, 0.717) is 16.7 Å². The Morgan fingerprint density at radius 3 is 2.52 bits per heavy atom. The summed E-state index contributed by atoms with van der Waals surface area (Å²) in [5, 5.41) is 15.3. The Balaban J connectivity index is 1.90. The van der Waals surface area contributed by atoms with Crippen molar-refractivity contribution < 1.29 is 9.52 Å². The highest BCUT2D eigenvalue weighted by Crippen LogP contribution is 2.32. The average molecular weight is 304 g/mol. The van der Waals surface area contributed by atoms with Gasteiger partial charge in [0.1, 0.15) is 22.6 Å². The molecule has 2 aromatic carbocycles. The van der Waals surface area contributed by atoms with Crippen LogP contribution >= 0.6 is 0 Å². The highest BCUT2D eigenvalue weighted by Gasteiger charge is 2.18. The molecule has 2 heterocycles. The number of fused-ring (bicyclic) bond motifs is 1. The Bertz CT molecular complexity index is 1050. The highest BCUT2D eigenvalue weighted by molar-refractivity contribution is 5.89. The molecule has 0 aliphatic rings. The largest absolute Gasteiger partial charge is 0.506 e. The van der Waals surface area contributed by atoms with Gasteiger partial charge in [0, 0.05) is 6.20 Å². The molecule has 0 aliphatic heterocycles. The molecule has 112 valence electrons. The van der Waals surface area contributed by atoms with E-state index in [4.69, 9.17) is 4.42 Å². The van der Waals surface area contributed by atoms with Gasteiger partial charge in [-0.2, -0.15) is 5.10 Å². The lowest BCUT2D eigenvalue weighted by atomic mass is 10.1. The Kier molecular flexibility index (Phi) is 2.98. The van der Waals surface area contributed by atoms with E-state index in [-0.39, 0.29) is 11.3 Å². The highest BCUT2D eigenvalue weighted by atomic mass is 16.4. The first kappa shape index (κ1) is 13.3. The van der Waals surface area contributed by atoms with Crippen LogP contribution in [0.4, 0.5) is 0 Å². The lowest BCUT2D eigenvalue weighted by Gasteiger charge is -2.04. The summed E-state index contributed by atoms with van der Waals surface area (Å²) in [6.45, 7) is 0. The minimum absolute atomic E-state index is 0.0679. The third-order valence-electron chi connectivity index (χ3n) is 3.65. The molecule has 0 unspecified atom stereocenters. The number of rotatable bonds is 2. The van der Waals surface area contributed by atoms with Crippen LogP contribution < -0.4 is 5.63 Å². The molecule has 0 atom stereocenters. The van der Waals surface area contributed by atoms with Crippen LogP contribution in [-0.4, -0.2) is 14.9 Å². The summed E-state index contributed by atoms with van der Waals surface area (Å²) in [5.41, 5.74) is 1.04. The molecule has 0 saturated heterocycles. The molecule has 5 heteroatoms. The molecule has 0 fully saturated rings. The van der Waals surface area contributed by atoms with E-state index in [1.54, 1.807) is 41.2 Å². The topological polar surface area (TPSA) is 68.3 Å². The van der Waals surface area contributed by atoms with E-state index in [2.05, 4.69) is 5.10 Å². The van der Waals surface area contributed by atoms with E-state index in [0.717, 1.165) is 5.69 Å². The SMILES string of the molecule is O=c1oc2ccccc2c(O)c1-c1ccn(-c2ccccc2)n1. The summed E-state index contributed by atoms with van der Waals surface area (Å²) >= 11 is 0. The van der Waals surface area contributed by atoms with Crippen molar-refractivity contribution in [2.45, 2.75) is 0 Å². The molecule has 4 rings (SSSR count). The van der Waals surface area contributed by atoms with Gasteiger partial charge < -0.3 is 9.52 Å². The van der Waals surface area contributed by atoms with Crippen molar-refractivity contribution in [3.8, 4) is 22.7 Å². The molecule has 0 aliphatic carbocycles. The maximum absolute atomic E-state index is 12.2. The number of nitrogens with zero attached hydrogens (tertiary/aromatic N) is 2. The fraction of sp³-hybridized carbons (Fsp3) is 0. The molecule has 0 amide bonds. The van der Waals surface area contributed by atoms with Gasteiger partial charge in [-0.25, -0.2) is 9.48 Å². The van der Waals surface area contributed by atoms with Crippen LogP contribution in [0.15, 0.2) is 76.1 Å². The van der Waals surface area contributed by atoms with Gasteiger partial charge in [-0.05, 0) is 30.3 Å². The first-order valence-corrected chi connectivity index (χ1v) is 7.10. The van der Waals surface area contributed by atoms with Crippen LogP contribution in [0.1, 0.15) is 0 Å². The fourth-order valence-corrected chi connectivity index (χ4v) is 2.54. The van der Waals surface area contributed by atoms with Crippen LogP contribution in [-0.2, 0) is 0 Å². The van der Waals surface area contributed by atoms with Crippen LogP contribution in [0.5, 0.6) is 5.75 Å². The maximum atomic E-state index is 12.2. The van der Waals surface area contributed by atoms with Crippen molar-refractivity contribution in [2.24, 2.45) is 0 Å². The predicted molar refractivity (Wildman–Crippen MR) is 86.7 cm³/mol. The lowest BCUT2D eigenvalue weighted by molar-refractivity contribution is 0.471. The van der Waals surface area contributed by atoms with E-state index in [1.165, 1.54) is 0 Å². The normalized spacial score (nSPS) is 11.0. The first-order valence-electron chi connectivity index (χ1n) is 7.10. The number of hydrogen-bond donors (Lipinski definition) is 1. The smallest absolute Gasteiger partial charge is 0.349 e. The van der Waals surface area contributed by atoms with Crippen LogP contribution in [0.3, 0.4) is 0 Å². The van der Waals surface area contributed by atoms with Crippen molar-refractivity contribution in [1.29, 1.82) is 0 Å². The maximum Gasteiger partial charge on any atom is 0.349 e. The molecular weight excluding hydrogens is 292 g/mol. The molecule has 0 radical (unpaired) electrons. The summed E-state index contributed by atoms with van der Waals surface area (Å²) in [6.07, 6.45) is 1.73. The van der Waals surface area contributed by atoms with Gasteiger partial charge in [0.15, 0.2) is 0 Å². The lowest BCUT2D eigenvalue weighted by Crippen LogP contribution is -2.04. The number of hydrogen-bond acceptors (Lipinski definition) is 4. The molecule has 0 saturated carbocycles. The van der Waals surface area contributed by atoms with Gasteiger partial charge in [0.05, 0.1) is 11.1 Å². The summed E-state index contributed by atoms with van der Waals surface area (Å²) in [5.74, 6) is -0.116. The van der Waals surface area contributed by atoms with Gasteiger partial charge in [-0.15, -0.1) is 0 Å². The number of aromatic hydroxyl groups is 1. The van der Waals surface area contributed by atoms with E-state index >= 15 is 0 Å². The minimum Gasteiger partial charge on any atom is -0.506 e. The van der Waals surface area contributed by atoms with Crippen molar-refractivity contribution in [3.63, 3.8) is 0 Å². The Labute approximate surface area is 131 Å². The standard InChI is InChI=1S/C18H12N2O3/c21-17-13-8-4-5-9-15(13)23-18(22)16(17)14-10-11-20(19-14)12-6-2-1-3-7-12/h1-11,21H. The zero-order valence-corrected chi connectivity index (χ0v) is 12.0. The predicted octanol–water partition coefficient (Wildman–Crippen LogP) is 3.35. The van der Waals surface area contributed by atoms with E-state index in [1.807, 2.05) is 30.3 Å². The van der Waals surface area contributed by atoms with Gasteiger partial charge in [0.2, 0.25) is 0 Å². The van der Waals surface area contributed by atoms with E-state index in [9.17, 15) is 9.90 Å². The summed E-state index contributed by atoms with van der Waals surface area (Å²) in [7, 11) is 0. The number of para-hydroxylation sites is 2. The molecular formula is C18H12N2O3. The number of benzene rings is 2. The molecule has 4 aromatic rings. The second-order valence-corrected chi connectivity index (χ2v) is 5.09. The number of aromatic nitrogens is 2. The van der Waals surface area contributed by atoms with Crippen molar-refractivity contribution >= 4 is 11.0 Å². The monoisotopic (exact) mass is 304 g/mol. The van der Waals surface area contributed by atoms with E-state index < -0.39 is 5.63 Å². The van der Waals surface area contributed by atoms with Crippen molar-refractivity contribution in [1.82, 2.24) is 9.78 Å². The molecule has 23 heavy (non-hydrogen) atoms.